The predicted molar refractivity (Wildman–Crippen MR) is 106 cm³/mol. The highest BCUT2D eigenvalue weighted by Gasteiger charge is 2.36. The van der Waals surface area contributed by atoms with Gasteiger partial charge in [0.15, 0.2) is 0 Å². The fourth-order valence-electron chi connectivity index (χ4n) is 3.15. The molecule has 2 aromatic carbocycles. The molecule has 7 nitrogen and oxygen atoms in total. The topological polar surface area (TPSA) is 87.2 Å². The van der Waals surface area contributed by atoms with Crippen LogP contribution in [0.15, 0.2) is 41.3 Å². The zero-order valence-corrected chi connectivity index (χ0v) is 17.8. The van der Waals surface area contributed by atoms with Gasteiger partial charge in [-0.3, -0.25) is 4.79 Å². The molecule has 1 saturated heterocycles. The van der Waals surface area contributed by atoms with Crippen LogP contribution in [-0.2, 0) is 16.2 Å². The summed E-state index contributed by atoms with van der Waals surface area (Å²) >= 11 is 5.56. The van der Waals surface area contributed by atoms with Crippen molar-refractivity contribution in [1.29, 1.82) is 0 Å². The van der Waals surface area contributed by atoms with E-state index in [0.29, 0.717) is 11.8 Å². The molecule has 0 saturated carbocycles. The first-order chi connectivity index (χ1) is 14.4. The minimum atomic E-state index is -4.80. The maximum Gasteiger partial charge on any atom is 0.417 e. The van der Waals surface area contributed by atoms with Crippen molar-refractivity contribution in [2.24, 2.45) is 0 Å². The summed E-state index contributed by atoms with van der Waals surface area (Å²) in [5.41, 5.74) is -1.20. The van der Waals surface area contributed by atoms with Crippen LogP contribution >= 0.6 is 11.6 Å². The summed E-state index contributed by atoms with van der Waals surface area (Å²) in [6.45, 7) is -0.226. The Kier molecular flexibility index (Phi) is 6.40. The Bertz CT molecular complexity index is 1100. The van der Waals surface area contributed by atoms with Crippen molar-refractivity contribution >= 4 is 27.5 Å². The number of hydrogen-bond donors (Lipinski definition) is 1. The molecule has 1 heterocycles. The van der Waals surface area contributed by atoms with Crippen LogP contribution in [-0.4, -0.2) is 61.9 Å². The second kappa shape index (κ2) is 8.56. The largest absolute Gasteiger partial charge is 0.507 e. The minimum Gasteiger partial charge on any atom is -0.507 e. The Morgan fingerprint density at radius 3 is 2.29 bits per heavy atom. The van der Waals surface area contributed by atoms with Gasteiger partial charge in [0.05, 0.1) is 28.2 Å². The molecule has 12 heteroatoms. The molecule has 3 rings (SSSR count). The lowest BCUT2D eigenvalue weighted by molar-refractivity contribution is -0.137. The summed E-state index contributed by atoms with van der Waals surface area (Å²) in [6.07, 6.45) is -4.80. The van der Waals surface area contributed by atoms with Crippen LogP contribution in [0.25, 0.3) is 0 Å². The van der Waals surface area contributed by atoms with Crippen LogP contribution in [0.4, 0.5) is 13.2 Å². The van der Waals surface area contributed by atoms with E-state index in [-0.39, 0.29) is 37.5 Å². The van der Waals surface area contributed by atoms with E-state index in [0.717, 1.165) is 16.4 Å². The van der Waals surface area contributed by atoms with Crippen LogP contribution in [0.2, 0.25) is 5.02 Å². The smallest absolute Gasteiger partial charge is 0.417 e. The van der Waals surface area contributed by atoms with Crippen molar-refractivity contribution in [3.8, 4) is 11.5 Å². The van der Waals surface area contributed by atoms with E-state index in [1.165, 1.54) is 30.2 Å². The molecule has 168 valence electrons. The van der Waals surface area contributed by atoms with Crippen LogP contribution in [0.1, 0.15) is 15.9 Å². The van der Waals surface area contributed by atoms with Gasteiger partial charge in [-0.15, -0.1) is 0 Å². The lowest BCUT2D eigenvalue weighted by Crippen LogP contribution is -2.50. The average Bonchev–Trinajstić information content (AvgIpc) is 2.72. The normalized spacial score (nSPS) is 15.7. The first kappa shape index (κ1) is 23.2. The van der Waals surface area contributed by atoms with E-state index in [9.17, 15) is 31.5 Å². The number of carbonyl (C=O) groups is 1. The van der Waals surface area contributed by atoms with Gasteiger partial charge in [-0.1, -0.05) is 11.6 Å². The first-order valence-electron chi connectivity index (χ1n) is 8.98. The van der Waals surface area contributed by atoms with E-state index in [1.807, 2.05) is 0 Å². The highest BCUT2D eigenvalue weighted by Crippen LogP contribution is 2.36. The summed E-state index contributed by atoms with van der Waals surface area (Å²) in [4.78, 5) is 13.5. The van der Waals surface area contributed by atoms with E-state index in [4.69, 9.17) is 16.3 Å². The second-order valence-electron chi connectivity index (χ2n) is 6.72. The van der Waals surface area contributed by atoms with Gasteiger partial charge < -0.3 is 14.7 Å². The minimum absolute atomic E-state index is 0.00322. The summed E-state index contributed by atoms with van der Waals surface area (Å²) in [5.74, 6) is -0.408. The number of halogens is 4. The van der Waals surface area contributed by atoms with Crippen LogP contribution in [0.3, 0.4) is 0 Å². The van der Waals surface area contributed by atoms with Crippen molar-refractivity contribution in [3.63, 3.8) is 0 Å². The van der Waals surface area contributed by atoms with Crippen molar-refractivity contribution in [3.05, 3.63) is 52.5 Å². The Morgan fingerprint density at radius 2 is 1.74 bits per heavy atom. The molecule has 1 N–H and O–H groups in total. The molecule has 0 radical (unpaired) electrons. The Balaban J connectivity index is 1.75. The maximum absolute atomic E-state index is 13.1. The summed E-state index contributed by atoms with van der Waals surface area (Å²) in [7, 11) is -2.81. The fourth-order valence-corrected chi connectivity index (χ4v) is 4.83. The molecular weight excluding hydrogens is 461 g/mol. The van der Waals surface area contributed by atoms with Gasteiger partial charge in [-0.2, -0.15) is 17.5 Å². The molecule has 0 spiro atoms. The first-order valence-corrected chi connectivity index (χ1v) is 10.8. The molecule has 1 aliphatic rings. The third kappa shape index (κ3) is 4.73. The third-order valence-corrected chi connectivity index (χ3v) is 7.07. The number of phenolic OH excluding ortho intramolecular Hbond substituents is 1. The summed E-state index contributed by atoms with van der Waals surface area (Å²) in [5, 5.41) is 9.43. The second-order valence-corrected chi connectivity index (χ2v) is 9.06. The molecule has 1 fully saturated rings. The van der Waals surface area contributed by atoms with Gasteiger partial charge in [-0.25, -0.2) is 8.42 Å². The Hall–Kier alpha value is -2.50. The molecule has 1 amide bonds. The van der Waals surface area contributed by atoms with Gasteiger partial charge in [0, 0.05) is 32.2 Å². The van der Waals surface area contributed by atoms with E-state index in [1.54, 1.807) is 0 Å². The van der Waals surface area contributed by atoms with Crippen LogP contribution in [0, 0.1) is 0 Å². The number of amides is 1. The highest BCUT2D eigenvalue weighted by atomic mass is 35.5. The average molecular weight is 479 g/mol. The van der Waals surface area contributed by atoms with Gasteiger partial charge in [0.25, 0.3) is 5.91 Å². The van der Waals surface area contributed by atoms with Gasteiger partial charge in [-0.05, 0) is 30.3 Å². The van der Waals surface area contributed by atoms with Crippen molar-refractivity contribution < 1.29 is 36.2 Å². The van der Waals surface area contributed by atoms with Gasteiger partial charge >= 0.3 is 6.18 Å². The SMILES string of the molecule is COc1ccc(C(=O)N2CCN(S(=O)(=O)c3ccc(Cl)c(C(F)(F)F)c3)CC2)c(O)c1. The predicted octanol–water partition coefficient (Wildman–Crippen LogP) is 3.22. The monoisotopic (exact) mass is 478 g/mol. The number of benzene rings is 2. The zero-order valence-electron chi connectivity index (χ0n) is 16.2. The zero-order chi connectivity index (χ0) is 23.0. The number of phenols is 1. The summed E-state index contributed by atoms with van der Waals surface area (Å²) < 4.78 is 70.8. The lowest BCUT2D eigenvalue weighted by atomic mass is 10.1. The summed E-state index contributed by atoms with van der Waals surface area (Å²) in [6, 6.07) is 6.60. The molecule has 0 aromatic heterocycles. The number of rotatable bonds is 4. The number of carbonyl (C=O) groups excluding carboxylic acids is 1. The molecule has 0 bridgehead atoms. The highest BCUT2D eigenvalue weighted by molar-refractivity contribution is 7.89. The number of sulfonamides is 1. The van der Waals surface area contributed by atoms with Crippen LogP contribution in [0.5, 0.6) is 11.5 Å². The number of methoxy groups -OCH3 is 1. The molecule has 31 heavy (non-hydrogen) atoms. The van der Waals surface area contributed by atoms with Gasteiger partial charge in [0.2, 0.25) is 10.0 Å². The van der Waals surface area contributed by atoms with Crippen LogP contribution < -0.4 is 4.74 Å². The van der Waals surface area contributed by atoms with Crippen molar-refractivity contribution in [2.75, 3.05) is 33.3 Å². The Labute approximate surface area is 181 Å². The number of alkyl halides is 3. The molecular formula is C19H18ClF3N2O5S. The quantitative estimate of drug-likeness (QED) is 0.729. The molecule has 0 aliphatic carbocycles. The van der Waals surface area contributed by atoms with E-state index in [2.05, 4.69) is 0 Å². The standard InChI is InChI=1S/C19H18ClF3N2O5S/c1-30-12-2-4-14(17(26)10-12)18(27)24-6-8-25(9-7-24)31(28,29)13-3-5-16(20)15(11-13)19(21,22)23/h2-5,10-11,26H,6-9H2,1H3. The van der Waals surface area contributed by atoms with E-state index >= 15 is 0 Å². The molecule has 1 aliphatic heterocycles. The number of nitrogens with zero attached hydrogens (tertiary/aromatic N) is 2. The number of aromatic hydroxyl groups is 1. The fraction of sp³-hybridized carbons (Fsp3) is 0.316. The third-order valence-electron chi connectivity index (χ3n) is 4.84. The number of piperazine rings is 1. The number of ether oxygens (including phenoxy) is 1. The number of hydrogen-bond acceptors (Lipinski definition) is 5. The Morgan fingerprint density at radius 1 is 1.10 bits per heavy atom. The van der Waals surface area contributed by atoms with Crippen molar-refractivity contribution in [1.82, 2.24) is 9.21 Å². The van der Waals surface area contributed by atoms with Crippen molar-refractivity contribution in [2.45, 2.75) is 11.1 Å². The molecule has 0 atom stereocenters. The van der Waals surface area contributed by atoms with E-state index < -0.39 is 37.6 Å². The maximum atomic E-state index is 13.1. The van der Waals surface area contributed by atoms with Gasteiger partial charge in [0.1, 0.15) is 11.5 Å². The lowest BCUT2D eigenvalue weighted by Gasteiger charge is -2.34. The molecule has 2 aromatic rings. The molecule has 0 unspecified atom stereocenters.